The number of likely N-dealkylation sites (tertiary alicyclic amines) is 1. The van der Waals surface area contributed by atoms with Crippen molar-refractivity contribution in [1.82, 2.24) is 14.9 Å². The average molecular weight is 480 g/mol. The SMILES string of the molecule is O=[N+]([O-])c1cc2c(Nc3cccc(Cl)c3F)ncnc2cc1C#CC12CC1CN(C1COC1)C2. The number of halogens is 2. The van der Waals surface area contributed by atoms with E-state index in [1.54, 1.807) is 12.1 Å². The highest BCUT2D eigenvalue weighted by Crippen LogP contribution is 2.58. The van der Waals surface area contributed by atoms with Crippen molar-refractivity contribution in [3.8, 4) is 11.8 Å². The number of benzene rings is 2. The van der Waals surface area contributed by atoms with E-state index in [9.17, 15) is 14.5 Å². The predicted octanol–water partition coefficient (Wildman–Crippen LogP) is 4.15. The van der Waals surface area contributed by atoms with Gasteiger partial charge in [0.2, 0.25) is 0 Å². The maximum Gasteiger partial charge on any atom is 0.285 e. The van der Waals surface area contributed by atoms with Crippen molar-refractivity contribution in [2.75, 3.05) is 31.6 Å². The molecule has 2 aromatic carbocycles. The van der Waals surface area contributed by atoms with Gasteiger partial charge in [-0.05, 0) is 30.5 Å². The summed E-state index contributed by atoms with van der Waals surface area (Å²) < 4.78 is 19.7. The molecule has 2 aliphatic heterocycles. The Bertz CT molecular complexity index is 1400. The van der Waals surface area contributed by atoms with Crippen molar-refractivity contribution in [2.45, 2.75) is 12.5 Å². The van der Waals surface area contributed by atoms with E-state index < -0.39 is 10.7 Å². The number of nitrogens with zero attached hydrogens (tertiary/aromatic N) is 4. The zero-order valence-corrected chi connectivity index (χ0v) is 18.7. The van der Waals surface area contributed by atoms with Crippen LogP contribution in [-0.2, 0) is 4.74 Å². The molecule has 6 rings (SSSR count). The van der Waals surface area contributed by atoms with Gasteiger partial charge in [0.25, 0.3) is 5.69 Å². The Morgan fingerprint density at radius 3 is 2.94 bits per heavy atom. The molecule has 1 aliphatic carbocycles. The van der Waals surface area contributed by atoms with Crippen LogP contribution in [0.1, 0.15) is 12.0 Å². The molecule has 2 unspecified atom stereocenters. The Morgan fingerprint density at radius 1 is 1.32 bits per heavy atom. The molecule has 34 heavy (non-hydrogen) atoms. The lowest BCUT2D eigenvalue weighted by molar-refractivity contribution is -0.385. The van der Waals surface area contributed by atoms with Gasteiger partial charge in [-0.1, -0.05) is 29.5 Å². The molecule has 3 heterocycles. The zero-order valence-electron chi connectivity index (χ0n) is 17.9. The van der Waals surface area contributed by atoms with Crippen LogP contribution in [-0.4, -0.2) is 52.1 Å². The Morgan fingerprint density at radius 2 is 2.18 bits per heavy atom. The van der Waals surface area contributed by atoms with Crippen LogP contribution in [0.2, 0.25) is 5.02 Å². The number of aromatic nitrogens is 2. The molecular formula is C24H19ClFN5O3. The maximum absolute atomic E-state index is 14.4. The van der Waals surface area contributed by atoms with E-state index in [1.165, 1.54) is 24.5 Å². The summed E-state index contributed by atoms with van der Waals surface area (Å²) in [7, 11) is 0. The summed E-state index contributed by atoms with van der Waals surface area (Å²) in [5, 5.41) is 15.1. The van der Waals surface area contributed by atoms with Crippen LogP contribution in [0.25, 0.3) is 10.9 Å². The minimum atomic E-state index is -0.634. The quantitative estimate of drug-likeness (QED) is 0.341. The highest BCUT2D eigenvalue weighted by atomic mass is 35.5. The molecule has 0 spiro atoms. The molecular weight excluding hydrogens is 461 g/mol. The van der Waals surface area contributed by atoms with Gasteiger partial charge in [0, 0.05) is 30.0 Å². The van der Waals surface area contributed by atoms with Crippen LogP contribution >= 0.6 is 11.6 Å². The molecule has 8 nitrogen and oxygen atoms in total. The van der Waals surface area contributed by atoms with Gasteiger partial charge in [0.05, 0.1) is 40.4 Å². The van der Waals surface area contributed by atoms with Crippen LogP contribution in [0.15, 0.2) is 36.7 Å². The molecule has 0 radical (unpaired) electrons. The first kappa shape index (κ1) is 21.2. The Kier molecular flexibility index (Phi) is 4.92. The molecule has 2 saturated heterocycles. The molecule has 172 valence electrons. The fraction of sp³-hybridized carbons (Fsp3) is 0.333. The first-order valence-corrected chi connectivity index (χ1v) is 11.3. The molecule has 3 aromatic rings. The van der Waals surface area contributed by atoms with Crippen LogP contribution in [0.4, 0.5) is 21.6 Å². The molecule has 1 N–H and O–H groups in total. The molecule has 3 fully saturated rings. The molecule has 0 amide bonds. The molecule has 1 saturated carbocycles. The first-order chi connectivity index (χ1) is 16.4. The molecule has 10 heteroatoms. The summed E-state index contributed by atoms with van der Waals surface area (Å²) in [6, 6.07) is 7.99. The summed E-state index contributed by atoms with van der Waals surface area (Å²) in [6.45, 7) is 3.41. The number of nitrogens with one attached hydrogen (secondary N) is 1. The van der Waals surface area contributed by atoms with Gasteiger partial charge >= 0.3 is 0 Å². The van der Waals surface area contributed by atoms with Crippen molar-refractivity contribution >= 4 is 39.7 Å². The number of fused-ring (bicyclic) bond motifs is 2. The van der Waals surface area contributed by atoms with Crippen LogP contribution in [0, 0.1) is 39.1 Å². The second kappa shape index (κ2) is 7.87. The lowest BCUT2D eigenvalue weighted by Crippen LogP contribution is -2.49. The minimum absolute atomic E-state index is 0.0417. The molecule has 1 aromatic heterocycles. The Labute approximate surface area is 199 Å². The van der Waals surface area contributed by atoms with E-state index in [4.69, 9.17) is 16.3 Å². The smallest absolute Gasteiger partial charge is 0.285 e. The second-order valence-corrected chi connectivity index (χ2v) is 9.43. The first-order valence-electron chi connectivity index (χ1n) is 10.9. The lowest BCUT2D eigenvalue weighted by atomic mass is 10.0. The van der Waals surface area contributed by atoms with E-state index in [0.29, 0.717) is 28.4 Å². The molecule has 0 bridgehead atoms. The zero-order chi connectivity index (χ0) is 23.4. The topological polar surface area (TPSA) is 93.4 Å². The monoisotopic (exact) mass is 479 g/mol. The van der Waals surface area contributed by atoms with E-state index >= 15 is 0 Å². The summed E-state index contributed by atoms with van der Waals surface area (Å²) in [5.41, 5.74) is 0.655. The fourth-order valence-corrected chi connectivity index (χ4v) is 4.97. The number of anilines is 2. The number of hydrogen-bond acceptors (Lipinski definition) is 7. The van der Waals surface area contributed by atoms with Gasteiger partial charge in [-0.15, -0.1) is 0 Å². The van der Waals surface area contributed by atoms with Gasteiger partial charge in [0.1, 0.15) is 17.7 Å². The lowest BCUT2D eigenvalue weighted by Gasteiger charge is -2.35. The highest BCUT2D eigenvalue weighted by Gasteiger charge is 2.60. The van der Waals surface area contributed by atoms with Crippen molar-refractivity contribution in [3.63, 3.8) is 0 Å². The van der Waals surface area contributed by atoms with E-state index in [-0.39, 0.29) is 27.6 Å². The van der Waals surface area contributed by atoms with E-state index in [0.717, 1.165) is 32.7 Å². The second-order valence-electron chi connectivity index (χ2n) is 9.02. The predicted molar refractivity (Wildman–Crippen MR) is 124 cm³/mol. The largest absolute Gasteiger partial charge is 0.378 e. The molecule has 3 aliphatic rings. The average Bonchev–Trinajstić information content (AvgIpc) is 3.33. The van der Waals surface area contributed by atoms with Gasteiger partial charge in [-0.3, -0.25) is 15.0 Å². The maximum atomic E-state index is 14.4. The number of ether oxygens (including phenoxy) is 1. The van der Waals surface area contributed by atoms with Crippen LogP contribution in [0.3, 0.4) is 0 Å². The summed E-state index contributed by atoms with van der Waals surface area (Å²) >= 11 is 5.87. The third-order valence-electron chi connectivity index (χ3n) is 6.91. The summed E-state index contributed by atoms with van der Waals surface area (Å²) in [5.74, 6) is 6.54. The summed E-state index contributed by atoms with van der Waals surface area (Å²) in [6.07, 6.45) is 2.34. The van der Waals surface area contributed by atoms with Gasteiger partial charge in [-0.25, -0.2) is 14.4 Å². The van der Waals surface area contributed by atoms with Crippen LogP contribution < -0.4 is 5.32 Å². The normalized spacial score (nSPS) is 23.6. The van der Waals surface area contributed by atoms with E-state index in [1.807, 2.05) is 0 Å². The Balaban J connectivity index is 1.35. The van der Waals surface area contributed by atoms with E-state index in [2.05, 4.69) is 32.0 Å². The minimum Gasteiger partial charge on any atom is -0.378 e. The third-order valence-corrected chi connectivity index (χ3v) is 7.20. The van der Waals surface area contributed by atoms with Gasteiger partial charge in [0.15, 0.2) is 5.82 Å². The third kappa shape index (κ3) is 3.55. The standard InChI is InChI=1S/C24H19ClFN5O3/c25-18-2-1-3-19(22(18)26)29-23-17-7-21(31(32)33)14(6-20(17)27-13-28-23)4-5-24-8-15(24)9-30(12-24)16-10-34-11-16/h1-3,6-7,13,15-16H,8-12H2,(H,27,28,29). The van der Waals surface area contributed by atoms with Crippen molar-refractivity contribution < 1.29 is 14.1 Å². The Hall–Kier alpha value is -3.32. The van der Waals surface area contributed by atoms with Crippen molar-refractivity contribution in [3.05, 3.63) is 63.2 Å². The number of rotatable bonds is 4. The number of piperidine rings is 1. The number of nitro groups is 1. The van der Waals surface area contributed by atoms with Crippen LogP contribution in [0.5, 0.6) is 0 Å². The highest BCUT2D eigenvalue weighted by molar-refractivity contribution is 6.31. The fourth-order valence-electron chi connectivity index (χ4n) is 4.79. The van der Waals surface area contributed by atoms with Gasteiger partial charge in [-0.2, -0.15) is 0 Å². The number of nitro benzene ring substituents is 1. The molecule has 2 atom stereocenters. The van der Waals surface area contributed by atoms with Crippen molar-refractivity contribution in [2.24, 2.45) is 11.3 Å². The number of hydrogen-bond donors (Lipinski definition) is 1. The van der Waals surface area contributed by atoms with Crippen molar-refractivity contribution in [1.29, 1.82) is 0 Å². The van der Waals surface area contributed by atoms with Gasteiger partial charge < -0.3 is 10.1 Å². The summed E-state index contributed by atoms with van der Waals surface area (Å²) in [4.78, 5) is 22.3.